The number of amides is 1. The van der Waals surface area contributed by atoms with Crippen molar-refractivity contribution in [2.45, 2.75) is 52.5 Å². The number of hydrogen-bond acceptors (Lipinski definition) is 6. The number of piperidine rings is 1. The number of aryl methyl sites for hydroxylation is 1. The standard InChI is InChI=1S/C22H28N4O3/c1-4-16-10-8-9-13-26(16)22-23-15(3)14-19(25-22)20(27)24-18-12-7-6-11-17(18)21(28)29-5-2/h6-7,11-12,14,16H,4-5,8-10,13H2,1-3H3,(H,24,27). The largest absolute Gasteiger partial charge is 0.462 e. The van der Waals surface area contributed by atoms with Crippen molar-refractivity contribution in [2.24, 2.45) is 0 Å². The second-order valence-corrected chi connectivity index (χ2v) is 7.17. The summed E-state index contributed by atoms with van der Waals surface area (Å²) >= 11 is 0. The third kappa shape index (κ3) is 4.91. The fraction of sp³-hybridized carbons (Fsp3) is 0.455. The second-order valence-electron chi connectivity index (χ2n) is 7.17. The molecular weight excluding hydrogens is 368 g/mol. The van der Waals surface area contributed by atoms with Gasteiger partial charge in [-0.3, -0.25) is 4.79 Å². The average molecular weight is 396 g/mol. The van der Waals surface area contributed by atoms with E-state index in [2.05, 4.69) is 27.1 Å². The van der Waals surface area contributed by atoms with Crippen LogP contribution in [0, 0.1) is 6.92 Å². The van der Waals surface area contributed by atoms with Crippen LogP contribution in [0.25, 0.3) is 0 Å². The lowest BCUT2D eigenvalue weighted by molar-refractivity contribution is 0.0527. The Morgan fingerprint density at radius 3 is 2.76 bits per heavy atom. The molecule has 1 amide bonds. The summed E-state index contributed by atoms with van der Waals surface area (Å²) in [6.07, 6.45) is 4.44. The first kappa shape index (κ1) is 20.8. The summed E-state index contributed by atoms with van der Waals surface area (Å²) < 4.78 is 5.08. The van der Waals surface area contributed by atoms with Crippen LogP contribution in [-0.4, -0.2) is 41.0 Å². The third-order valence-electron chi connectivity index (χ3n) is 5.10. The molecule has 1 fully saturated rings. The molecule has 1 saturated heterocycles. The zero-order valence-corrected chi connectivity index (χ0v) is 17.3. The maximum Gasteiger partial charge on any atom is 0.340 e. The van der Waals surface area contributed by atoms with Gasteiger partial charge < -0.3 is 15.0 Å². The van der Waals surface area contributed by atoms with Gasteiger partial charge in [0.25, 0.3) is 5.91 Å². The van der Waals surface area contributed by atoms with E-state index in [1.807, 2.05) is 6.92 Å². The van der Waals surface area contributed by atoms with Gasteiger partial charge in [-0.1, -0.05) is 19.1 Å². The normalized spacial score (nSPS) is 16.4. The summed E-state index contributed by atoms with van der Waals surface area (Å²) in [6, 6.07) is 8.85. The second kappa shape index (κ2) is 9.49. The number of nitrogens with zero attached hydrogens (tertiary/aromatic N) is 3. The van der Waals surface area contributed by atoms with Crippen molar-refractivity contribution in [1.29, 1.82) is 0 Å². The van der Waals surface area contributed by atoms with Crippen molar-refractivity contribution in [1.82, 2.24) is 9.97 Å². The molecule has 0 radical (unpaired) electrons. The van der Waals surface area contributed by atoms with Crippen LogP contribution in [0.3, 0.4) is 0 Å². The zero-order chi connectivity index (χ0) is 20.8. The fourth-order valence-corrected chi connectivity index (χ4v) is 3.65. The van der Waals surface area contributed by atoms with Crippen LogP contribution in [0.2, 0.25) is 0 Å². The maximum absolute atomic E-state index is 12.9. The van der Waals surface area contributed by atoms with Gasteiger partial charge >= 0.3 is 5.97 Å². The van der Waals surface area contributed by atoms with Crippen molar-refractivity contribution in [2.75, 3.05) is 23.4 Å². The van der Waals surface area contributed by atoms with E-state index in [1.165, 1.54) is 6.42 Å². The third-order valence-corrected chi connectivity index (χ3v) is 5.10. The van der Waals surface area contributed by atoms with E-state index >= 15 is 0 Å². The fourth-order valence-electron chi connectivity index (χ4n) is 3.65. The molecular formula is C22H28N4O3. The van der Waals surface area contributed by atoms with Gasteiger partial charge in [0.15, 0.2) is 0 Å². The van der Waals surface area contributed by atoms with Crippen molar-refractivity contribution >= 4 is 23.5 Å². The predicted molar refractivity (Wildman–Crippen MR) is 112 cm³/mol. The molecule has 2 aromatic rings. The Morgan fingerprint density at radius 1 is 1.21 bits per heavy atom. The maximum atomic E-state index is 12.9. The first-order chi connectivity index (χ1) is 14.0. The Kier molecular flexibility index (Phi) is 6.80. The van der Waals surface area contributed by atoms with E-state index in [1.54, 1.807) is 37.3 Å². The van der Waals surface area contributed by atoms with Crippen LogP contribution in [0.15, 0.2) is 30.3 Å². The van der Waals surface area contributed by atoms with Crippen molar-refractivity contribution < 1.29 is 14.3 Å². The molecule has 0 aliphatic carbocycles. The molecule has 1 aromatic carbocycles. The number of para-hydroxylation sites is 1. The van der Waals surface area contributed by atoms with Gasteiger partial charge in [-0.2, -0.15) is 0 Å². The first-order valence-electron chi connectivity index (χ1n) is 10.2. The first-order valence-corrected chi connectivity index (χ1v) is 10.2. The molecule has 1 unspecified atom stereocenters. The van der Waals surface area contributed by atoms with E-state index in [4.69, 9.17) is 4.74 Å². The van der Waals surface area contributed by atoms with Gasteiger partial charge in [0.05, 0.1) is 17.9 Å². The molecule has 1 aromatic heterocycles. The molecule has 7 nitrogen and oxygen atoms in total. The van der Waals surface area contributed by atoms with E-state index in [0.717, 1.165) is 31.5 Å². The van der Waals surface area contributed by atoms with Gasteiger partial charge in [-0.05, 0) is 57.7 Å². The zero-order valence-electron chi connectivity index (χ0n) is 17.3. The molecule has 1 aliphatic rings. The molecule has 0 bridgehead atoms. The van der Waals surface area contributed by atoms with Gasteiger partial charge in [0, 0.05) is 18.3 Å². The topological polar surface area (TPSA) is 84.4 Å². The molecule has 1 atom stereocenters. The lowest BCUT2D eigenvalue weighted by Crippen LogP contribution is -2.40. The summed E-state index contributed by atoms with van der Waals surface area (Å²) in [5.41, 5.74) is 1.74. The Bertz CT molecular complexity index is 884. The number of nitrogens with one attached hydrogen (secondary N) is 1. The molecule has 2 heterocycles. The molecule has 3 rings (SSSR count). The number of rotatable bonds is 6. The average Bonchev–Trinajstić information content (AvgIpc) is 2.73. The van der Waals surface area contributed by atoms with Gasteiger partial charge in [-0.15, -0.1) is 0 Å². The molecule has 7 heteroatoms. The number of esters is 1. The Balaban J connectivity index is 1.85. The Hall–Kier alpha value is -2.96. The van der Waals surface area contributed by atoms with Crippen LogP contribution < -0.4 is 10.2 Å². The Morgan fingerprint density at radius 2 is 2.00 bits per heavy atom. The summed E-state index contributed by atoms with van der Waals surface area (Å²) in [6.45, 7) is 6.94. The number of anilines is 2. The number of ether oxygens (including phenoxy) is 1. The van der Waals surface area contributed by atoms with Crippen LogP contribution in [0.5, 0.6) is 0 Å². The molecule has 0 spiro atoms. The highest BCUT2D eigenvalue weighted by Crippen LogP contribution is 2.24. The number of carbonyl (C=O) groups excluding carboxylic acids is 2. The predicted octanol–water partition coefficient (Wildman–Crippen LogP) is 3.98. The molecule has 0 saturated carbocycles. The summed E-state index contributed by atoms with van der Waals surface area (Å²) in [5, 5.41) is 2.80. The van der Waals surface area contributed by atoms with Gasteiger partial charge in [0.2, 0.25) is 5.95 Å². The van der Waals surface area contributed by atoms with E-state index < -0.39 is 5.97 Å². The molecule has 1 N–H and O–H groups in total. The minimum absolute atomic E-state index is 0.268. The van der Waals surface area contributed by atoms with Crippen molar-refractivity contribution in [3.63, 3.8) is 0 Å². The summed E-state index contributed by atoms with van der Waals surface area (Å²) in [7, 11) is 0. The SMILES string of the molecule is CCOC(=O)c1ccccc1NC(=O)c1cc(C)nc(N2CCCCC2CC)n1. The molecule has 1 aliphatic heterocycles. The van der Waals surface area contributed by atoms with Crippen LogP contribution in [0.1, 0.15) is 66.1 Å². The van der Waals surface area contributed by atoms with Crippen molar-refractivity contribution in [3.05, 3.63) is 47.3 Å². The molecule has 29 heavy (non-hydrogen) atoms. The molecule has 154 valence electrons. The van der Waals surface area contributed by atoms with E-state index in [-0.39, 0.29) is 18.2 Å². The van der Waals surface area contributed by atoms with E-state index in [0.29, 0.717) is 23.2 Å². The van der Waals surface area contributed by atoms with Gasteiger partial charge in [0.1, 0.15) is 5.69 Å². The monoisotopic (exact) mass is 396 g/mol. The highest BCUT2D eigenvalue weighted by Gasteiger charge is 2.25. The highest BCUT2D eigenvalue weighted by molar-refractivity contribution is 6.07. The van der Waals surface area contributed by atoms with Crippen LogP contribution in [0.4, 0.5) is 11.6 Å². The van der Waals surface area contributed by atoms with E-state index in [9.17, 15) is 9.59 Å². The lowest BCUT2D eigenvalue weighted by atomic mass is 10.0. The number of benzene rings is 1. The number of aromatic nitrogens is 2. The van der Waals surface area contributed by atoms with Crippen molar-refractivity contribution in [3.8, 4) is 0 Å². The lowest BCUT2D eigenvalue weighted by Gasteiger charge is -2.35. The minimum atomic E-state index is -0.470. The summed E-state index contributed by atoms with van der Waals surface area (Å²) in [4.78, 5) is 36.4. The highest BCUT2D eigenvalue weighted by atomic mass is 16.5. The van der Waals surface area contributed by atoms with Crippen LogP contribution >= 0.6 is 0 Å². The van der Waals surface area contributed by atoms with Crippen LogP contribution in [-0.2, 0) is 4.74 Å². The van der Waals surface area contributed by atoms with Gasteiger partial charge in [-0.25, -0.2) is 14.8 Å². The Labute approximate surface area is 171 Å². The number of carbonyl (C=O) groups is 2. The smallest absolute Gasteiger partial charge is 0.340 e. The minimum Gasteiger partial charge on any atom is -0.462 e. The summed E-state index contributed by atoms with van der Waals surface area (Å²) in [5.74, 6) is -0.249. The number of hydrogen-bond donors (Lipinski definition) is 1. The quantitative estimate of drug-likeness (QED) is 0.744.